The highest BCUT2D eigenvalue weighted by Crippen LogP contribution is 2.38. The lowest BCUT2D eigenvalue weighted by Gasteiger charge is -2.17. The Labute approximate surface area is 142 Å². The van der Waals surface area contributed by atoms with Crippen molar-refractivity contribution in [3.8, 4) is 17.0 Å². The van der Waals surface area contributed by atoms with Gasteiger partial charge in [0.2, 0.25) is 0 Å². The number of phenolic OH excluding ortho intramolecular Hbond substituents is 1. The van der Waals surface area contributed by atoms with E-state index in [0.717, 1.165) is 19.0 Å². The zero-order valence-electron chi connectivity index (χ0n) is 13.6. The minimum absolute atomic E-state index is 0.126. The molecule has 2 heterocycles. The van der Waals surface area contributed by atoms with Crippen LogP contribution in [0.1, 0.15) is 17.5 Å². The van der Waals surface area contributed by atoms with Crippen LogP contribution in [0.4, 0.5) is 19.0 Å². The van der Waals surface area contributed by atoms with E-state index < -0.39 is 17.5 Å². The second-order valence-corrected chi connectivity index (χ2v) is 6.25. The van der Waals surface area contributed by atoms with Crippen LogP contribution < -0.4 is 4.90 Å². The van der Waals surface area contributed by atoms with Gasteiger partial charge in [-0.1, -0.05) is 0 Å². The number of aliphatic hydroxyl groups excluding tert-OH is 1. The summed E-state index contributed by atoms with van der Waals surface area (Å²) in [6, 6.07) is 5.03. The molecule has 1 aromatic carbocycles. The number of benzene rings is 1. The molecule has 1 aliphatic rings. The molecule has 134 valence electrons. The first-order chi connectivity index (χ1) is 11.8. The van der Waals surface area contributed by atoms with Crippen LogP contribution >= 0.6 is 0 Å². The molecule has 1 fully saturated rings. The van der Waals surface area contributed by atoms with Crippen molar-refractivity contribution >= 4 is 5.82 Å². The van der Waals surface area contributed by atoms with E-state index in [-0.39, 0.29) is 23.7 Å². The van der Waals surface area contributed by atoms with Gasteiger partial charge in [-0.15, -0.1) is 10.2 Å². The summed E-state index contributed by atoms with van der Waals surface area (Å²) >= 11 is 0. The summed E-state index contributed by atoms with van der Waals surface area (Å²) < 4.78 is 38.4. The van der Waals surface area contributed by atoms with Crippen molar-refractivity contribution in [1.82, 2.24) is 10.2 Å². The molecule has 2 N–H and O–H groups in total. The first-order valence-corrected chi connectivity index (χ1v) is 7.90. The standard InChI is InChI=1S/C17H18F3N3O2/c1-10-6-12(17(18,19)20)7-14(25)16(10)13-2-3-15(22-21-13)23-5-4-11(8-23)9-24/h2-3,6-7,11,24-25H,4-5,8-9H2,1H3/t11-/m0/s1. The number of phenols is 1. The second-order valence-electron chi connectivity index (χ2n) is 6.25. The lowest BCUT2D eigenvalue weighted by Crippen LogP contribution is -2.22. The molecular weight excluding hydrogens is 335 g/mol. The summed E-state index contributed by atoms with van der Waals surface area (Å²) in [5.41, 5.74) is -0.0779. The van der Waals surface area contributed by atoms with Gasteiger partial charge in [-0.3, -0.25) is 0 Å². The molecule has 1 saturated heterocycles. The zero-order chi connectivity index (χ0) is 18.2. The predicted octanol–water partition coefficient (Wildman–Crippen LogP) is 3.00. The molecule has 1 atom stereocenters. The van der Waals surface area contributed by atoms with Gasteiger partial charge in [0.1, 0.15) is 5.75 Å². The Morgan fingerprint density at radius 2 is 2.00 bits per heavy atom. The van der Waals surface area contributed by atoms with Gasteiger partial charge >= 0.3 is 6.18 Å². The molecular formula is C17H18F3N3O2. The number of hydrogen-bond acceptors (Lipinski definition) is 5. The molecule has 0 radical (unpaired) electrons. The van der Waals surface area contributed by atoms with Crippen LogP contribution in [0.2, 0.25) is 0 Å². The van der Waals surface area contributed by atoms with E-state index in [1.165, 1.54) is 6.92 Å². The van der Waals surface area contributed by atoms with E-state index in [1.54, 1.807) is 12.1 Å². The van der Waals surface area contributed by atoms with Crippen LogP contribution in [0.5, 0.6) is 5.75 Å². The van der Waals surface area contributed by atoms with Crippen molar-refractivity contribution in [3.05, 3.63) is 35.4 Å². The maximum Gasteiger partial charge on any atom is 0.416 e. The maximum atomic E-state index is 12.8. The summed E-state index contributed by atoms with van der Waals surface area (Å²) in [4.78, 5) is 2.00. The molecule has 3 rings (SSSR count). The van der Waals surface area contributed by atoms with E-state index in [4.69, 9.17) is 0 Å². The molecule has 0 spiro atoms. The molecule has 0 saturated carbocycles. The third kappa shape index (κ3) is 3.53. The summed E-state index contributed by atoms with van der Waals surface area (Å²) in [7, 11) is 0. The summed E-state index contributed by atoms with van der Waals surface area (Å²) in [6.45, 7) is 3.08. The Kier molecular flexibility index (Phi) is 4.55. The van der Waals surface area contributed by atoms with Crippen molar-refractivity contribution in [2.24, 2.45) is 5.92 Å². The highest BCUT2D eigenvalue weighted by atomic mass is 19.4. The third-order valence-electron chi connectivity index (χ3n) is 4.42. The smallest absolute Gasteiger partial charge is 0.416 e. The highest BCUT2D eigenvalue weighted by Gasteiger charge is 2.32. The van der Waals surface area contributed by atoms with E-state index in [0.29, 0.717) is 24.1 Å². The van der Waals surface area contributed by atoms with Crippen molar-refractivity contribution < 1.29 is 23.4 Å². The Morgan fingerprint density at radius 1 is 1.24 bits per heavy atom. The molecule has 1 aromatic heterocycles. The number of aromatic hydroxyl groups is 1. The fourth-order valence-corrected chi connectivity index (χ4v) is 3.08. The average Bonchev–Trinajstić information content (AvgIpc) is 3.03. The monoisotopic (exact) mass is 353 g/mol. The Morgan fingerprint density at radius 3 is 2.52 bits per heavy atom. The van der Waals surface area contributed by atoms with Crippen molar-refractivity contribution in [2.75, 3.05) is 24.6 Å². The minimum atomic E-state index is -4.52. The van der Waals surface area contributed by atoms with Gasteiger partial charge in [0.25, 0.3) is 0 Å². The quantitative estimate of drug-likeness (QED) is 0.888. The van der Waals surface area contributed by atoms with Gasteiger partial charge in [0.05, 0.1) is 11.3 Å². The van der Waals surface area contributed by atoms with Crippen LogP contribution in [-0.2, 0) is 6.18 Å². The van der Waals surface area contributed by atoms with E-state index in [1.807, 2.05) is 4.90 Å². The molecule has 0 amide bonds. The largest absolute Gasteiger partial charge is 0.507 e. The van der Waals surface area contributed by atoms with Crippen molar-refractivity contribution in [1.29, 1.82) is 0 Å². The highest BCUT2D eigenvalue weighted by molar-refractivity contribution is 5.71. The summed E-state index contributed by atoms with van der Waals surface area (Å²) in [5, 5.41) is 27.4. The number of aryl methyl sites for hydroxylation is 1. The fraction of sp³-hybridized carbons (Fsp3) is 0.412. The molecule has 5 nitrogen and oxygen atoms in total. The molecule has 25 heavy (non-hydrogen) atoms. The second kappa shape index (κ2) is 6.51. The van der Waals surface area contributed by atoms with Crippen LogP contribution in [-0.4, -0.2) is 40.1 Å². The number of halogens is 3. The SMILES string of the molecule is Cc1cc(C(F)(F)F)cc(O)c1-c1ccc(N2CC[C@H](CO)C2)nn1. The Bertz CT molecular complexity index is 740. The predicted molar refractivity (Wildman–Crippen MR) is 86.3 cm³/mol. The van der Waals surface area contributed by atoms with Gasteiger partial charge in [-0.05, 0) is 43.2 Å². The fourth-order valence-electron chi connectivity index (χ4n) is 3.08. The van der Waals surface area contributed by atoms with Crippen LogP contribution in [0.25, 0.3) is 11.3 Å². The van der Waals surface area contributed by atoms with E-state index in [2.05, 4.69) is 10.2 Å². The number of aliphatic hydroxyl groups is 1. The topological polar surface area (TPSA) is 69.5 Å². The number of rotatable bonds is 3. The Hall–Kier alpha value is -2.35. The first-order valence-electron chi connectivity index (χ1n) is 7.90. The number of alkyl halides is 3. The summed E-state index contributed by atoms with van der Waals surface area (Å²) in [5.74, 6) is 0.377. The molecule has 0 bridgehead atoms. The molecule has 0 unspecified atom stereocenters. The summed E-state index contributed by atoms with van der Waals surface area (Å²) in [6.07, 6.45) is -3.64. The first kappa shape index (κ1) is 17.5. The van der Waals surface area contributed by atoms with Gasteiger partial charge in [0, 0.05) is 31.2 Å². The number of hydrogen-bond donors (Lipinski definition) is 2. The Balaban J connectivity index is 1.88. The molecule has 0 aliphatic carbocycles. The number of nitrogens with zero attached hydrogens (tertiary/aromatic N) is 3. The normalized spacial score (nSPS) is 18.0. The van der Waals surface area contributed by atoms with E-state index >= 15 is 0 Å². The zero-order valence-corrected chi connectivity index (χ0v) is 13.6. The van der Waals surface area contributed by atoms with Crippen molar-refractivity contribution in [3.63, 3.8) is 0 Å². The number of anilines is 1. The minimum Gasteiger partial charge on any atom is -0.507 e. The van der Waals surface area contributed by atoms with Gasteiger partial charge in [0.15, 0.2) is 5.82 Å². The molecule has 1 aliphatic heterocycles. The maximum absolute atomic E-state index is 12.8. The molecule has 8 heteroatoms. The van der Waals surface area contributed by atoms with Crippen LogP contribution in [0.15, 0.2) is 24.3 Å². The van der Waals surface area contributed by atoms with Crippen LogP contribution in [0.3, 0.4) is 0 Å². The van der Waals surface area contributed by atoms with Gasteiger partial charge in [-0.2, -0.15) is 13.2 Å². The third-order valence-corrected chi connectivity index (χ3v) is 4.42. The van der Waals surface area contributed by atoms with Gasteiger partial charge in [-0.25, -0.2) is 0 Å². The lowest BCUT2D eigenvalue weighted by atomic mass is 10.0. The van der Waals surface area contributed by atoms with Crippen LogP contribution in [0, 0.1) is 12.8 Å². The van der Waals surface area contributed by atoms with Gasteiger partial charge < -0.3 is 15.1 Å². The molecule has 2 aromatic rings. The number of aromatic nitrogens is 2. The van der Waals surface area contributed by atoms with Crippen molar-refractivity contribution in [2.45, 2.75) is 19.5 Å². The van der Waals surface area contributed by atoms with E-state index in [9.17, 15) is 23.4 Å². The average molecular weight is 353 g/mol. The lowest BCUT2D eigenvalue weighted by molar-refractivity contribution is -0.137.